The molecule has 0 spiro atoms. The summed E-state index contributed by atoms with van der Waals surface area (Å²) < 4.78 is 24.8. The molecule has 116 valence electrons. The Morgan fingerprint density at radius 1 is 1.38 bits per heavy atom. The molecule has 21 heavy (non-hydrogen) atoms. The van der Waals surface area contributed by atoms with E-state index in [0.717, 1.165) is 31.8 Å². The van der Waals surface area contributed by atoms with E-state index in [1.54, 1.807) is 18.2 Å². The number of likely N-dealkylation sites (tertiary alicyclic amines) is 1. The molecule has 1 saturated heterocycles. The van der Waals surface area contributed by atoms with Crippen LogP contribution in [0.15, 0.2) is 29.2 Å². The van der Waals surface area contributed by atoms with Crippen LogP contribution in [0.3, 0.4) is 0 Å². The standard InChI is InChI=1S/C15H23N3O2S/c1-12-5-7-18(8-6-12)9-10-21(19,20)14-4-2-3-13(11-14)15(16)17/h2-4,11-12H,5-10H2,1H3,(H3,16,17). The zero-order valence-electron chi connectivity index (χ0n) is 12.4. The van der Waals surface area contributed by atoms with E-state index >= 15 is 0 Å². The lowest BCUT2D eigenvalue weighted by Gasteiger charge is -2.29. The van der Waals surface area contributed by atoms with E-state index in [-0.39, 0.29) is 16.5 Å². The summed E-state index contributed by atoms with van der Waals surface area (Å²) in [5.41, 5.74) is 5.86. The molecule has 0 unspecified atom stereocenters. The first-order valence-electron chi connectivity index (χ1n) is 7.28. The Bertz CT molecular complexity index is 605. The van der Waals surface area contributed by atoms with Crippen molar-refractivity contribution in [2.75, 3.05) is 25.4 Å². The summed E-state index contributed by atoms with van der Waals surface area (Å²) in [4.78, 5) is 2.47. The van der Waals surface area contributed by atoms with Gasteiger partial charge in [-0.15, -0.1) is 0 Å². The maximum Gasteiger partial charge on any atom is 0.179 e. The first-order valence-corrected chi connectivity index (χ1v) is 8.93. The summed E-state index contributed by atoms with van der Waals surface area (Å²) in [5, 5.41) is 7.39. The zero-order chi connectivity index (χ0) is 15.5. The van der Waals surface area contributed by atoms with Gasteiger partial charge in [0.05, 0.1) is 10.6 Å². The maximum absolute atomic E-state index is 12.4. The lowest BCUT2D eigenvalue weighted by Crippen LogP contribution is -2.36. The van der Waals surface area contributed by atoms with Gasteiger partial charge in [0.25, 0.3) is 0 Å². The summed E-state index contributed by atoms with van der Waals surface area (Å²) in [6, 6.07) is 6.33. The van der Waals surface area contributed by atoms with Crippen molar-refractivity contribution in [3.63, 3.8) is 0 Å². The van der Waals surface area contributed by atoms with Gasteiger partial charge in [0.2, 0.25) is 0 Å². The van der Waals surface area contributed by atoms with Crippen LogP contribution in [0.5, 0.6) is 0 Å². The molecule has 1 fully saturated rings. The summed E-state index contributed by atoms with van der Waals surface area (Å²) in [6.45, 7) is 4.76. The number of amidine groups is 1. The monoisotopic (exact) mass is 309 g/mol. The summed E-state index contributed by atoms with van der Waals surface area (Å²) in [5.74, 6) is 0.741. The molecular formula is C15H23N3O2S. The van der Waals surface area contributed by atoms with E-state index in [1.807, 2.05) is 0 Å². The molecule has 1 heterocycles. The number of hydrogen-bond donors (Lipinski definition) is 2. The van der Waals surface area contributed by atoms with Crippen LogP contribution in [-0.4, -0.2) is 44.5 Å². The van der Waals surface area contributed by atoms with Crippen LogP contribution < -0.4 is 5.73 Å². The Labute approximate surface area is 126 Å². The van der Waals surface area contributed by atoms with Crippen LogP contribution in [0, 0.1) is 11.3 Å². The fraction of sp³-hybridized carbons (Fsp3) is 0.533. The zero-order valence-corrected chi connectivity index (χ0v) is 13.2. The average Bonchev–Trinajstić information content (AvgIpc) is 2.47. The number of sulfone groups is 1. The minimum Gasteiger partial charge on any atom is -0.384 e. The predicted molar refractivity (Wildman–Crippen MR) is 84.3 cm³/mol. The van der Waals surface area contributed by atoms with Crippen LogP contribution in [0.4, 0.5) is 0 Å². The second-order valence-corrected chi connectivity index (χ2v) is 7.89. The second kappa shape index (κ2) is 6.58. The molecule has 2 rings (SSSR count). The van der Waals surface area contributed by atoms with E-state index in [4.69, 9.17) is 11.1 Å². The smallest absolute Gasteiger partial charge is 0.179 e. The molecule has 5 nitrogen and oxygen atoms in total. The van der Waals surface area contributed by atoms with E-state index in [2.05, 4.69) is 11.8 Å². The molecule has 1 aliphatic heterocycles. The summed E-state index contributed by atoms with van der Waals surface area (Å²) in [6.07, 6.45) is 2.28. The number of rotatable bonds is 5. The van der Waals surface area contributed by atoms with Crippen molar-refractivity contribution < 1.29 is 8.42 Å². The SMILES string of the molecule is CC1CCN(CCS(=O)(=O)c2cccc(C(=N)N)c2)CC1. The number of nitrogens with zero attached hydrogens (tertiary/aromatic N) is 1. The quantitative estimate of drug-likeness (QED) is 0.637. The third-order valence-electron chi connectivity index (χ3n) is 4.06. The van der Waals surface area contributed by atoms with Gasteiger partial charge in [-0.2, -0.15) is 0 Å². The van der Waals surface area contributed by atoms with Gasteiger partial charge in [0.15, 0.2) is 9.84 Å². The van der Waals surface area contributed by atoms with E-state index in [9.17, 15) is 8.42 Å². The van der Waals surface area contributed by atoms with Gasteiger partial charge in [-0.1, -0.05) is 19.1 Å². The molecule has 6 heteroatoms. The van der Waals surface area contributed by atoms with Crippen LogP contribution in [0.2, 0.25) is 0 Å². The predicted octanol–water partition coefficient (Wildman–Crippen LogP) is 1.48. The van der Waals surface area contributed by atoms with Gasteiger partial charge >= 0.3 is 0 Å². The molecule has 0 radical (unpaired) electrons. The molecule has 0 saturated carbocycles. The van der Waals surface area contributed by atoms with Gasteiger partial charge in [0, 0.05) is 12.1 Å². The number of hydrogen-bond acceptors (Lipinski definition) is 4. The molecule has 0 bridgehead atoms. The molecule has 0 aromatic heterocycles. The molecule has 3 N–H and O–H groups in total. The number of nitrogens with two attached hydrogens (primary N) is 1. The topological polar surface area (TPSA) is 87.2 Å². The van der Waals surface area contributed by atoms with Gasteiger partial charge in [0.1, 0.15) is 5.84 Å². The van der Waals surface area contributed by atoms with Crippen molar-refractivity contribution in [1.29, 1.82) is 5.41 Å². The third kappa shape index (κ3) is 4.28. The molecule has 1 aromatic carbocycles. The molecule has 1 aromatic rings. The first kappa shape index (κ1) is 16.0. The molecule has 0 aliphatic carbocycles. The minimum atomic E-state index is -3.32. The van der Waals surface area contributed by atoms with Gasteiger partial charge in [-0.25, -0.2) is 8.42 Å². The number of benzene rings is 1. The van der Waals surface area contributed by atoms with Crippen molar-refractivity contribution in [2.45, 2.75) is 24.7 Å². The fourth-order valence-corrected chi connectivity index (χ4v) is 3.84. The lowest BCUT2D eigenvalue weighted by atomic mass is 9.99. The van der Waals surface area contributed by atoms with Crippen molar-refractivity contribution in [3.8, 4) is 0 Å². The Balaban J connectivity index is 2.01. The second-order valence-electron chi connectivity index (χ2n) is 5.78. The number of nitrogens with one attached hydrogen (secondary N) is 1. The van der Waals surface area contributed by atoms with Crippen LogP contribution in [-0.2, 0) is 9.84 Å². The Kier molecular flexibility index (Phi) is 5.00. The van der Waals surface area contributed by atoms with Crippen LogP contribution in [0.25, 0.3) is 0 Å². The van der Waals surface area contributed by atoms with Gasteiger partial charge in [-0.05, 0) is 44.0 Å². The largest absolute Gasteiger partial charge is 0.384 e. The normalized spacial score (nSPS) is 17.8. The fourth-order valence-electron chi connectivity index (χ4n) is 2.51. The van der Waals surface area contributed by atoms with Gasteiger partial charge < -0.3 is 10.6 Å². The summed E-state index contributed by atoms with van der Waals surface area (Å²) >= 11 is 0. The molecular weight excluding hydrogens is 286 g/mol. The first-order chi connectivity index (χ1) is 9.88. The van der Waals surface area contributed by atoms with Gasteiger partial charge in [-0.3, -0.25) is 5.41 Å². The summed E-state index contributed by atoms with van der Waals surface area (Å²) in [7, 11) is -3.32. The van der Waals surface area contributed by atoms with Crippen molar-refractivity contribution in [1.82, 2.24) is 4.90 Å². The van der Waals surface area contributed by atoms with Crippen molar-refractivity contribution in [3.05, 3.63) is 29.8 Å². The van der Waals surface area contributed by atoms with Crippen LogP contribution in [0.1, 0.15) is 25.3 Å². The van der Waals surface area contributed by atoms with E-state index in [1.165, 1.54) is 6.07 Å². The van der Waals surface area contributed by atoms with Crippen LogP contribution >= 0.6 is 0 Å². The maximum atomic E-state index is 12.4. The highest BCUT2D eigenvalue weighted by Crippen LogP contribution is 2.17. The Morgan fingerprint density at radius 3 is 2.67 bits per heavy atom. The van der Waals surface area contributed by atoms with Crippen molar-refractivity contribution in [2.24, 2.45) is 11.7 Å². The number of piperidine rings is 1. The van der Waals surface area contributed by atoms with E-state index < -0.39 is 9.84 Å². The molecule has 0 atom stereocenters. The number of nitrogen functional groups attached to an aromatic ring is 1. The average molecular weight is 309 g/mol. The minimum absolute atomic E-state index is 0.114. The molecule has 0 amide bonds. The van der Waals surface area contributed by atoms with E-state index in [0.29, 0.717) is 12.1 Å². The highest BCUT2D eigenvalue weighted by molar-refractivity contribution is 7.91. The highest BCUT2D eigenvalue weighted by Gasteiger charge is 2.20. The Morgan fingerprint density at radius 2 is 2.05 bits per heavy atom. The van der Waals surface area contributed by atoms with Crippen molar-refractivity contribution >= 4 is 15.7 Å². The Hall–Kier alpha value is -1.40. The third-order valence-corrected chi connectivity index (χ3v) is 5.75. The highest BCUT2D eigenvalue weighted by atomic mass is 32.2. The lowest BCUT2D eigenvalue weighted by molar-refractivity contribution is 0.202. The molecule has 1 aliphatic rings.